The molecule has 3 heteroatoms. The van der Waals surface area contributed by atoms with Gasteiger partial charge in [-0.3, -0.25) is 4.21 Å². The van der Waals surface area contributed by atoms with Crippen molar-refractivity contribution in [3.8, 4) is 0 Å². The van der Waals surface area contributed by atoms with Crippen LogP contribution in [0.25, 0.3) is 0 Å². The van der Waals surface area contributed by atoms with E-state index in [9.17, 15) is 4.21 Å². The summed E-state index contributed by atoms with van der Waals surface area (Å²) >= 11 is 0. The van der Waals surface area contributed by atoms with E-state index in [2.05, 4.69) is 44.0 Å². The minimum atomic E-state index is -0.886. The van der Waals surface area contributed by atoms with E-state index in [1.165, 1.54) is 5.56 Å². The maximum Gasteiger partial charge on any atom is 0.0630 e. The summed E-state index contributed by atoms with van der Waals surface area (Å²) in [5.74, 6) is 0.855. The third-order valence-corrected chi connectivity index (χ3v) is 4.20. The van der Waals surface area contributed by atoms with Gasteiger partial charge in [0.2, 0.25) is 0 Å². The van der Waals surface area contributed by atoms with E-state index in [4.69, 9.17) is 0 Å². The number of hydrogen-bond donors (Lipinski definition) is 0. The van der Waals surface area contributed by atoms with Gasteiger partial charge in [0.1, 0.15) is 0 Å². The van der Waals surface area contributed by atoms with Crippen LogP contribution in [0.4, 0.5) is 5.69 Å². The van der Waals surface area contributed by atoms with Gasteiger partial charge in [-0.1, -0.05) is 43.9 Å². The molecule has 0 fully saturated rings. The van der Waals surface area contributed by atoms with Crippen molar-refractivity contribution in [3.63, 3.8) is 0 Å². The monoisotopic (exact) mass is 291 g/mol. The quantitative estimate of drug-likeness (QED) is 0.710. The van der Waals surface area contributed by atoms with E-state index in [1.54, 1.807) is 6.26 Å². The van der Waals surface area contributed by atoms with Crippen molar-refractivity contribution < 1.29 is 4.21 Å². The van der Waals surface area contributed by atoms with E-state index in [0.29, 0.717) is 11.7 Å². The Morgan fingerprint density at radius 3 is 2.45 bits per heavy atom. The molecular weight excluding hydrogens is 266 g/mol. The van der Waals surface area contributed by atoms with Gasteiger partial charge < -0.3 is 4.90 Å². The van der Waals surface area contributed by atoms with E-state index in [-0.39, 0.29) is 0 Å². The average Bonchev–Trinajstić information content (AvgIpc) is 2.35. The number of para-hydroxylation sites is 1. The highest BCUT2D eigenvalue weighted by Crippen LogP contribution is 2.25. The number of rotatable bonds is 7. The second kappa shape index (κ2) is 7.44. The Morgan fingerprint density at radius 2 is 1.95 bits per heavy atom. The predicted molar refractivity (Wildman–Crippen MR) is 90.6 cm³/mol. The van der Waals surface area contributed by atoms with Crippen molar-refractivity contribution in [3.05, 3.63) is 54.3 Å². The Balaban J connectivity index is 3.07. The summed E-state index contributed by atoms with van der Waals surface area (Å²) in [4.78, 5) is 2.18. The van der Waals surface area contributed by atoms with Gasteiger partial charge in [-0.05, 0) is 31.4 Å². The first-order valence-electron chi connectivity index (χ1n) is 6.79. The van der Waals surface area contributed by atoms with E-state index < -0.39 is 10.8 Å². The summed E-state index contributed by atoms with van der Waals surface area (Å²) in [6.07, 6.45) is 1.71. The van der Waals surface area contributed by atoms with Crippen molar-refractivity contribution in [1.29, 1.82) is 0 Å². The molecule has 0 heterocycles. The van der Waals surface area contributed by atoms with Crippen LogP contribution in [0.15, 0.2) is 48.7 Å². The fourth-order valence-electron chi connectivity index (χ4n) is 2.01. The maximum absolute atomic E-state index is 11.5. The van der Waals surface area contributed by atoms with Crippen molar-refractivity contribution in [2.75, 3.05) is 23.5 Å². The standard InChI is InChI=1S/C17H25NOS/c1-13(2)15(4)11-18(16(5)12-20(6)19)17-10-8-7-9-14(17)3/h7-10,15H,1,5,11-12H2,2-4,6H3/t15-,20?/m0/s1. The van der Waals surface area contributed by atoms with Crippen molar-refractivity contribution in [2.45, 2.75) is 20.8 Å². The Labute approximate surface area is 125 Å². The molecule has 0 saturated heterocycles. The van der Waals surface area contributed by atoms with Gasteiger partial charge >= 0.3 is 0 Å². The molecule has 0 bridgehead atoms. The topological polar surface area (TPSA) is 20.3 Å². The van der Waals surface area contributed by atoms with Gasteiger partial charge in [-0.25, -0.2) is 0 Å². The van der Waals surface area contributed by atoms with Crippen LogP contribution >= 0.6 is 0 Å². The first kappa shape index (κ1) is 16.7. The SMILES string of the molecule is C=C(C)[C@@H](C)CN(C(=C)CS(C)=O)c1ccccc1C. The van der Waals surface area contributed by atoms with E-state index in [0.717, 1.165) is 23.5 Å². The number of nitrogens with zero attached hydrogens (tertiary/aromatic N) is 1. The van der Waals surface area contributed by atoms with Crippen molar-refractivity contribution in [2.24, 2.45) is 5.92 Å². The molecule has 1 rings (SSSR count). The average molecular weight is 291 g/mol. The normalized spacial score (nSPS) is 13.6. The summed E-state index contributed by atoms with van der Waals surface area (Å²) in [5, 5.41) is 0. The first-order valence-corrected chi connectivity index (χ1v) is 8.52. The third kappa shape index (κ3) is 4.64. The highest BCUT2D eigenvalue weighted by atomic mass is 32.2. The zero-order valence-electron chi connectivity index (χ0n) is 13.0. The zero-order valence-corrected chi connectivity index (χ0v) is 13.8. The van der Waals surface area contributed by atoms with Crippen LogP contribution in [0, 0.1) is 12.8 Å². The highest BCUT2D eigenvalue weighted by Gasteiger charge is 2.16. The lowest BCUT2D eigenvalue weighted by molar-refractivity contribution is 0.665. The summed E-state index contributed by atoms with van der Waals surface area (Å²) in [5.41, 5.74) is 4.38. The second-order valence-electron chi connectivity index (χ2n) is 5.43. The van der Waals surface area contributed by atoms with Crippen LogP contribution in [-0.4, -0.2) is 22.8 Å². The number of hydrogen-bond acceptors (Lipinski definition) is 2. The molecule has 0 saturated carbocycles. The molecule has 20 heavy (non-hydrogen) atoms. The van der Waals surface area contributed by atoms with Crippen LogP contribution < -0.4 is 4.90 Å². The zero-order chi connectivity index (χ0) is 15.3. The molecule has 0 amide bonds. The lowest BCUT2D eigenvalue weighted by atomic mass is 10.0. The molecule has 1 aromatic rings. The minimum absolute atomic E-state index is 0.358. The largest absolute Gasteiger partial charge is 0.344 e. The van der Waals surface area contributed by atoms with Gasteiger partial charge in [0.25, 0.3) is 0 Å². The van der Waals surface area contributed by atoms with Gasteiger partial charge in [0, 0.05) is 35.0 Å². The molecule has 0 aliphatic carbocycles. The van der Waals surface area contributed by atoms with Crippen LogP contribution in [0.1, 0.15) is 19.4 Å². The molecule has 0 spiro atoms. The fraction of sp³-hybridized carbons (Fsp3) is 0.412. The number of benzene rings is 1. The molecule has 2 nitrogen and oxygen atoms in total. The van der Waals surface area contributed by atoms with Gasteiger partial charge in [0.15, 0.2) is 0 Å². The molecule has 1 unspecified atom stereocenters. The fourth-order valence-corrected chi connectivity index (χ4v) is 2.63. The van der Waals surface area contributed by atoms with Crippen LogP contribution in [0.5, 0.6) is 0 Å². The Hall–Kier alpha value is -1.35. The molecule has 0 aliphatic heterocycles. The molecule has 110 valence electrons. The predicted octanol–water partition coefficient (Wildman–Crippen LogP) is 3.91. The number of aryl methyl sites for hydroxylation is 1. The highest BCUT2D eigenvalue weighted by molar-refractivity contribution is 7.84. The van der Waals surface area contributed by atoms with Gasteiger partial charge in [-0.15, -0.1) is 0 Å². The first-order chi connectivity index (χ1) is 9.32. The van der Waals surface area contributed by atoms with Crippen LogP contribution in [0.3, 0.4) is 0 Å². The van der Waals surface area contributed by atoms with Crippen LogP contribution in [-0.2, 0) is 10.8 Å². The summed E-state index contributed by atoms with van der Waals surface area (Å²) < 4.78 is 11.5. The second-order valence-corrected chi connectivity index (χ2v) is 6.86. The van der Waals surface area contributed by atoms with E-state index >= 15 is 0 Å². The van der Waals surface area contributed by atoms with Crippen LogP contribution in [0.2, 0.25) is 0 Å². The molecule has 0 aliphatic rings. The molecular formula is C17H25NOS. The Kier molecular flexibility index (Phi) is 6.21. The molecule has 0 aromatic heterocycles. The van der Waals surface area contributed by atoms with E-state index in [1.807, 2.05) is 19.1 Å². The lowest BCUT2D eigenvalue weighted by Gasteiger charge is -2.31. The Bertz CT molecular complexity index is 521. The number of anilines is 1. The van der Waals surface area contributed by atoms with Gasteiger partial charge in [0.05, 0.1) is 5.75 Å². The molecule has 0 N–H and O–H groups in total. The van der Waals surface area contributed by atoms with Gasteiger partial charge in [-0.2, -0.15) is 0 Å². The summed E-state index contributed by atoms with van der Waals surface area (Å²) in [6, 6.07) is 8.23. The lowest BCUT2D eigenvalue weighted by Crippen LogP contribution is -2.30. The summed E-state index contributed by atoms with van der Waals surface area (Å²) in [6.45, 7) is 15.3. The molecule has 1 aromatic carbocycles. The van der Waals surface area contributed by atoms with Crippen molar-refractivity contribution >= 4 is 16.5 Å². The molecule has 0 radical (unpaired) electrons. The summed E-state index contributed by atoms with van der Waals surface area (Å²) in [7, 11) is -0.886. The maximum atomic E-state index is 11.5. The smallest absolute Gasteiger partial charge is 0.0630 e. The van der Waals surface area contributed by atoms with Crippen molar-refractivity contribution in [1.82, 2.24) is 0 Å². The third-order valence-electron chi connectivity index (χ3n) is 3.46. The minimum Gasteiger partial charge on any atom is -0.344 e. The molecule has 2 atom stereocenters. The Morgan fingerprint density at radius 1 is 1.35 bits per heavy atom.